The summed E-state index contributed by atoms with van der Waals surface area (Å²) < 4.78 is 2.11. The van der Waals surface area contributed by atoms with Crippen molar-refractivity contribution in [2.24, 2.45) is 5.92 Å². The van der Waals surface area contributed by atoms with E-state index in [1.807, 2.05) is 0 Å². The van der Waals surface area contributed by atoms with Crippen molar-refractivity contribution < 1.29 is 4.79 Å². The monoisotopic (exact) mass is 352 g/mol. The summed E-state index contributed by atoms with van der Waals surface area (Å²) in [5.41, 5.74) is 3.63. The van der Waals surface area contributed by atoms with Crippen molar-refractivity contribution in [1.82, 2.24) is 20.0 Å². The summed E-state index contributed by atoms with van der Waals surface area (Å²) in [6, 6.07) is 12.9. The van der Waals surface area contributed by atoms with Gasteiger partial charge in [-0.15, -0.1) is 0 Å². The number of rotatable bonds is 6. The van der Waals surface area contributed by atoms with E-state index in [1.165, 1.54) is 17.7 Å². The number of benzene rings is 1. The van der Waals surface area contributed by atoms with Crippen LogP contribution in [0.1, 0.15) is 49.1 Å². The molecule has 1 aromatic heterocycles. The molecule has 2 aromatic rings. The number of fused-ring (bicyclic) bond motifs is 1. The van der Waals surface area contributed by atoms with Gasteiger partial charge in [-0.1, -0.05) is 43.7 Å². The number of hydrogen-bond donors (Lipinski definition) is 1. The molecule has 5 nitrogen and oxygen atoms in total. The lowest BCUT2D eigenvalue weighted by Gasteiger charge is -2.30. The van der Waals surface area contributed by atoms with Crippen molar-refractivity contribution in [2.45, 2.75) is 51.7 Å². The minimum Gasteiger partial charge on any atom is -0.350 e. The van der Waals surface area contributed by atoms with Gasteiger partial charge in [0.2, 0.25) is 5.91 Å². The van der Waals surface area contributed by atoms with E-state index >= 15 is 0 Å². The highest BCUT2D eigenvalue weighted by Crippen LogP contribution is 2.26. The van der Waals surface area contributed by atoms with E-state index in [1.54, 1.807) is 0 Å². The van der Waals surface area contributed by atoms with Crippen LogP contribution in [0.4, 0.5) is 0 Å². The molecule has 1 amide bonds. The van der Waals surface area contributed by atoms with Gasteiger partial charge in [0.25, 0.3) is 0 Å². The number of carbonyl (C=O) groups excluding carboxylic acids is 1. The summed E-state index contributed by atoms with van der Waals surface area (Å²) >= 11 is 0. The average Bonchev–Trinajstić information content (AvgIpc) is 3.01. The van der Waals surface area contributed by atoms with Crippen molar-refractivity contribution >= 4 is 5.91 Å². The van der Waals surface area contributed by atoms with Crippen molar-refractivity contribution in [3.05, 3.63) is 53.3 Å². The molecule has 26 heavy (non-hydrogen) atoms. The van der Waals surface area contributed by atoms with E-state index in [9.17, 15) is 4.79 Å². The molecule has 0 spiro atoms. The Kier molecular flexibility index (Phi) is 5.07. The Hall–Kier alpha value is -2.14. The lowest BCUT2D eigenvalue weighted by molar-refractivity contribution is -0.127. The lowest BCUT2D eigenvalue weighted by atomic mass is 9.85. The third kappa shape index (κ3) is 3.83. The van der Waals surface area contributed by atoms with Crippen LogP contribution in [0, 0.1) is 5.92 Å². The molecule has 0 radical (unpaired) electrons. The highest BCUT2D eigenvalue weighted by atomic mass is 16.1. The zero-order valence-corrected chi connectivity index (χ0v) is 15.5. The minimum atomic E-state index is 0.195. The summed E-state index contributed by atoms with van der Waals surface area (Å²) in [4.78, 5) is 14.5. The predicted molar refractivity (Wildman–Crippen MR) is 102 cm³/mol. The van der Waals surface area contributed by atoms with Crippen LogP contribution < -0.4 is 5.32 Å². The quantitative estimate of drug-likeness (QED) is 0.870. The Bertz CT molecular complexity index is 751. The van der Waals surface area contributed by atoms with Crippen LogP contribution in [0.2, 0.25) is 0 Å². The molecule has 2 aliphatic rings. The first-order valence-electron chi connectivity index (χ1n) is 9.79. The highest BCUT2D eigenvalue weighted by molar-refractivity contribution is 5.79. The standard InChI is InChI=1S/C21H28N4O/c1-16(17-6-3-2-4-7-17)14-24-10-11-25-20(15-24)12-19(23-25)13-22-21(26)18-8-5-9-18/h2-4,6-7,12,16,18H,5,8-11,13-15H2,1H3,(H,22,26)/t16-/m0/s1. The number of nitrogens with one attached hydrogen (secondary N) is 1. The van der Waals surface area contributed by atoms with Gasteiger partial charge < -0.3 is 5.32 Å². The predicted octanol–water partition coefficient (Wildman–Crippen LogP) is 2.92. The first-order valence-corrected chi connectivity index (χ1v) is 9.79. The molecule has 1 fully saturated rings. The maximum Gasteiger partial charge on any atom is 0.223 e. The van der Waals surface area contributed by atoms with Crippen LogP contribution in [-0.2, 0) is 24.4 Å². The first kappa shape index (κ1) is 17.3. The zero-order valence-electron chi connectivity index (χ0n) is 15.5. The summed E-state index contributed by atoms with van der Waals surface area (Å²) in [6.45, 7) is 6.79. The maximum absolute atomic E-state index is 12.0. The molecule has 4 rings (SSSR count). The molecule has 0 saturated heterocycles. The van der Waals surface area contributed by atoms with E-state index in [-0.39, 0.29) is 11.8 Å². The zero-order chi connectivity index (χ0) is 17.9. The smallest absolute Gasteiger partial charge is 0.223 e. The largest absolute Gasteiger partial charge is 0.350 e. The van der Waals surface area contributed by atoms with Gasteiger partial charge in [-0.2, -0.15) is 5.10 Å². The van der Waals surface area contributed by atoms with Crippen molar-refractivity contribution in [3.8, 4) is 0 Å². The minimum absolute atomic E-state index is 0.195. The fraction of sp³-hybridized carbons (Fsp3) is 0.524. The van der Waals surface area contributed by atoms with Crippen LogP contribution in [0.5, 0.6) is 0 Å². The number of hydrogen-bond acceptors (Lipinski definition) is 3. The average molecular weight is 352 g/mol. The number of amides is 1. The first-order chi connectivity index (χ1) is 12.7. The van der Waals surface area contributed by atoms with Crippen LogP contribution in [0.3, 0.4) is 0 Å². The maximum atomic E-state index is 12.0. The topological polar surface area (TPSA) is 50.2 Å². The van der Waals surface area contributed by atoms with Crippen LogP contribution in [0.15, 0.2) is 36.4 Å². The van der Waals surface area contributed by atoms with E-state index in [0.717, 1.165) is 44.7 Å². The molecule has 1 aromatic carbocycles. The molecule has 2 heterocycles. The lowest BCUT2D eigenvalue weighted by Crippen LogP contribution is -2.36. The fourth-order valence-corrected chi connectivity index (χ4v) is 3.89. The van der Waals surface area contributed by atoms with Gasteiger partial charge in [-0.3, -0.25) is 14.4 Å². The third-order valence-corrected chi connectivity index (χ3v) is 5.75. The van der Waals surface area contributed by atoms with Crippen LogP contribution in [-0.4, -0.2) is 33.7 Å². The van der Waals surface area contributed by atoms with Gasteiger partial charge >= 0.3 is 0 Å². The molecule has 1 saturated carbocycles. The molecule has 1 N–H and O–H groups in total. The molecular formula is C21H28N4O. The number of aromatic nitrogens is 2. The second kappa shape index (κ2) is 7.62. The number of nitrogens with zero attached hydrogens (tertiary/aromatic N) is 3. The van der Waals surface area contributed by atoms with Gasteiger partial charge in [0.05, 0.1) is 24.5 Å². The molecule has 138 valence electrons. The molecule has 1 atom stereocenters. The summed E-state index contributed by atoms with van der Waals surface area (Å²) in [7, 11) is 0. The molecule has 1 aliphatic carbocycles. The van der Waals surface area contributed by atoms with Crippen LogP contribution >= 0.6 is 0 Å². The summed E-state index contributed by atoms with van der Waals surface area (Å²) in [6.07, 6.45) is 3.27. The van der Waals surface area contributed by atoms with E-state index in [4.69, 9.17) is 0 Å². The molecular weight excluding hydrogens is 324 g/mol. The normalized spacial score (nSPS) is 18.8. The van der Waals surface area contributed by atoms with Gasteiger partial charge in [-0.05, 0) is 30.4 Å². The van der Waals surface area contributed by atoms with Crippen molar-refractivity contribution in [3.63, 3.8) is 0 Å². The second-order valence-electron chi connectivity index (χ2n) is 7.74. The SMILES string of the molecule is C[C@@H](CN1CCn2nc(CNC(=O)C3CCC3)cc2C1)c1ccccc1. The van der Waals surface area contributed by atoms with Gasteiger partial charge in [0, 0.05) is 25.6 Å². The van der Waals surface area contributed by atoms with E-state index < -0.39 is 0 Å². The Balaban J connectivity index is 1.32. The Morgan fingerprint density at radius 2 is 2.08 bits per heavy atom. The Labute approximate surface area is 155 Å². The van der Waals surface area contributed by atoms with E-state index in [2.05, 4.69) is 63.3 Å². The third-order valence-electron chi connectivity index (χ3n) is 5.75. The second-order valence-corrected chi connectivity index (χ2v) is 7.74. The van der Waals surface area contributed by atoms with E-state index in [0.29, 0.717) is 12.5 Å². The summed E-state index contributed by atoms with van der Waals surface area (Å²) in [5, 5.41) is 7.72. The van der Waals surface area contributed by atoms with Gasteiger partial charge in [-0.25, -0.2) is 0 Å². The van der Waals surface area contributed by atoms with Crippen LogP contribution in [0.25, 0.3) is 0 Å². The molecule has 1 aliphatic heterocycles. The highest BCUT2D eigenvalue weighted by Gasteiger charge is 2.25. The summed E-state index contributed by atoms with van der Waals surface area (Å²) in [5.74, 6) is 0.953. The number of carbonyl (C=O) groups is 1. The molecule has 5 heteroatoms. The fourth-order valence-electron chi connectivity index (χ4n) is 3.89. The Morgan fingerprint density at radius 3 is 2.81 bits per heavy atom. The van der Waals surface area contributed by atoms with Gasteiger partial charge in [0.15, 0.2) is 0 Å². The van der Waals surface area contributed by atoms with Crippen molar-refractivity contribution in [1.29, 1.82) is 0 Å². The van der Waals surface area contributed by atoms with Crippen molar-refractivity contribution in [2.75, 3.05) is 13.1 Å². The van der Waals surface area contributed by atoms with Gasteiger partial charge in [0.1, 0.15) is 0 Å². The molecule has 0 bridgehead atoms. The molecule has 0 unspecified atom stereocenters. The Morgan fingerprint density at radius 1 is 1.27 bits per heavy atom.